The summed E-state index contributed by atoms with van der Waals surface area (Å²) >= 11 is 0. The van der Waals surface area contributed by atoms with Gasteiger partial charge in [-0.2, -0.15) is 0 Å². The van der Waals surface area contributed by atoms with Crippen LogP contribution in [0.25, 0.3) is 28.3 Å². The molecule has 51 heavy (non-hydrogen) atoms. The van der Waals surface area contributed by atoms with E-state index in [0.717, 1.165) is 43.1 Å². The monoisotopic (exact) mass is 661 g/mol. The zero-order valence-corrected chi connectivity index (χ0v) is 30.0. The lowest BCUT2D eigenvalue weighted by Crippen LogP contribution is -2.20. The molecule has 0 radical (unpaired) electrons. The molecule has 2 heteroatoms. The number of allylic oxidation sites excluding steroid dienone is 6. The van der Waals surface area contributed by atoms with Crippen LogP contribution in [0.15, 0.2) is 119 Å². The predicted molar refractivity (Wildman–Crippen MR) is 211 cm³/mol. The SMILES string of the molecule is CC1(C)C2=C(c3ccc(N(c4ccc(C5=CC=CC6CC56)cc4)c4ccc5c(c4)C(C)(C)c4ccccc4-5)cc31)c1oc3c(c1CC2)CCC=C3. The van der Waals surface area contributed by atoms with Gasteiger partial charge in [0.25, 0.3) is 0 Å². The quantitative estimate of drug-likeness (QED) is 0.191. The minimum atomic E-state index is -0.0830. The zero-order valence-electron chi connectivity index (χ0n) is 30.0. The van der Waals surface area contributed by atoms with Crippen molar-refractivity contribution in [1.29, 1.82) is 0 Å². The number of fused-ring (bicyclic) bond motifs is 10. The van der Waals surface area contributed by atoms with Crippen molar-refractivity contribution in [2.24, 2.45) is 11.8 Å². The molecular weight excluding hydrogens is 619 g/mol. The molecule has 1 aromatic heterocycles. The van der Waals surface area contributed by atoms with Crippen molar-refractivity contribution in [1.82, 2.24) is 0 Å². The van der Waals surface area contributed by atoms with E-state index < -0.39 is 0 Å². The standard InChI is InChI=1S/C49H43NO/c1-48(2)41-14-7-5-11-35(41)36-22-20-32(27-43(36)48)50(31-18-16-29(17-19-31)34-13-9-10-30-26-40(30)34)33-21-23-39-44(28-33)49(3,4)42-25-24-38-37-12-6-8-15-45(37)51-47(38)46(39)42/h5,7-11,13-23,27-28,30,40H,6,12,24-26H2,1-4H3. The van der Waals surface area contributed by atoms with Gasteiger partial charge in [0.15, 0.2) is 0 Å². The highest BCUT2D eigenvalue weighted by Crippen LogP contribution is 2.57. The van der Waals surface area contributed by atoms with Crippen LogP contribution in [-0.2, 0) is 23.7 Å². The second-order valence-corrected chi connectivity index (χ2v) is 16.7. The van der Waals surface area contributed by atoms with Crippen molar-refractivity contribution in [3.05, 3.63) is 165 Å². The largest absolute Gasteiger partial charge is 0.456 e. The molecule has 0 N–H and O–H groups in total. The Hall–Kier alpha value is -5.08. The number of nitrogens with zero attached hydrogens (tertiary/aromatic N) is 1. The number of rotatable bonds is 4. The molecule has 0 spiro atoms. The Morgan fingerprint density at radius 2 is 1.41 bits per heavy atom. The molecule has 1 fully saturated rings. The maximum atomic E-state index is 6.71. The van der Waals surface area contributed by atoms with Gasteiger partial charge < -0.3 is 9.32 Å². The van der Waals surface area contributed by atoms with Crippen molar-refractivity contribution in [3.8, 4) is 11.1 Å². The van der Waals surface area contributed by atoms with Crippen LogP contribution in [0.1, 0.15) is 97.4 Å². The second kappa shape index (κ2) is 10.3. The molecule has 2 unspecified atom stereocenters. The van der Waals surface area contributed by atoms with E-state index in [1.165, 1.54) is 90.3 Å². The molecule has 0 amide bonds. The molecule has 5 aromatic rings. The van der Waals surface area contributed by atoms with Gasteiger partial charge in [-0.05, 0) is 137 Å². The Labute approximate surface area is 301 Å². The minimum Gasteiger partial charge on any atom is -0.456 e. The van der Waals surface area contributed by atoms with E-state index in [0.29, 0.717) is 5.92 Å². The van der Waals surface area contributed by atoms with Crippen LogP contribution in [0.5, 0.6) is 0 Å². The van der Waals surface area contributed by atoms with Gasteiger partial charge in [0, 0.05) is 44.6 Å². The van der Waals surface area contributed by atoms with E-state index in [-0.39, 0.29) is 10.8 Å². The van der Waals surface area contributed by atoms with Crippen molar-refractivity contribution in [2.45, 2.75) is 70.6 Å². The lowest BCUT2D eigenvalue weighted by atomic mass is 9.76. The van der Waals surface area contributed by atoms with Crippen molar-refractivity contribution >= 4 is 34.3 Å². The molecule has 0 saturated heterocycles. The van der Waals surface area contributed by atoms with Crippen LogP contribution in [0.3, 0.4) is 0 Å². The van der Waals surface area contributed by atoms with Gasteiger partial charge in [-0.1, -0.05) is 101 Å². The lowest BCUT2D eigenvalue weighted by molar-refractivity contribution is 0.528. The third-order valence-electron chi connectivity index (χ3n) is 13.2. The summed E-state index contributed by atoms with van der Waals surface area (Å²) in [6.07, 6.45) is 17.1. The van der Waals surface area contributed by atoms with Gasteiger partial charge in [0.1, 0.15) is 11.5 Å². The topological polar surface area (TPSA) is 16.4 Å². The highest BCUT2D eigenvalue weighted by atomic mass is 16.3. The highest BCUT2D eigenvalue weighted by molar-refractivity contribution is 5.93. The molecule has 1 heterocycles. The highest BCUT2D eigenvalue weighted by Gasteiger charge is 2.44. The predicted octanol–water partition coefficient (Wildman–Crippen LogP) is 12.6. The molecule has 0 aliphatic heterocycles. The normalized spacial score (nSPS) is 21.9. The Morgan fingerprint density at radius 1 is 0.686 bits per heavy atom. The number of anilines is 3. The van der Waals surface area contributed by atoms with Crippen molar-refractivity contribution < 1.29 is 4.42 Å². The van der Waals surface area contributed by atoms with E-state index in [4.69, 9.17) is 4.42 Å². The summed E-state index contributed by atoms with van der Waals surface area (Å²) in [4.78, 5) is 2.49. The van der Waals surface area contributed by atoms with Crippen LogP contribution >= 0.6 is 0 Å². The maximum absolute atomic E-state index is 6.71. The van der Waals surface area contributed by atoms with E-state index >= 15 is 0 Å². The number of furan rings is 1. The third-order valence-corrected chi connectivity index (χ3v) is 13.2. The molecule has 11 rings (SSSR count). The summed E-state index contributed by atoms with van der Waals surface area (Å²) in [5.41, 5.74) is 20.3. The summed E-state index contributed by atoms with van der Waals surface area (Å²) in [6, 6.07) is 32.7. The van der Waals surface area contributed by atoms with Crippen LogP contribution < -0.4 is 4.90 Å². The second-order valence-electron chi connectivity index (χ2n) is 16.7. The van der Waals surface area contributed by atoms with Crippen molar-refractivity contribution in [2.75, 3.05) is 4.90 Å². The Bertz CT molecular complexity index is 2460. The van der Waals surface area contributed by atoms with Gasteiger partial charge in [0.05, 0.1) is 0 Å². The molecule has 2 nitrogen and oxygen atoms in total. The average Bonchev–Trinajstić information content (AvgIpc) is 3.74. The fourth-order valence-electron chi connectivity index (χ4n) is 10.4. The smallest absolute Gasteiger partial charge is 0.138 e. The van der Waals surface area contributed by atoms with Gasteiger partial charge in [-0.3, -0.25) is 0 Å². The van der Waals surface area contributed by atoms with E-state index in [2.05, 4.69) is 148 Å². The first-order valence-electron chi connectivity index (χ1n) is 19.0. The summed E-state index contributed by atoms with van der Waals surface area (Å²) in [5.74, 6) is 3.63. The third kappa shape index (κ3) is 4.11. The van der Waals surface area contributed by atoms with E-state index in [9.17, 15) is 0 Å². The molecule has 0 bridgehead atoms. The van der Waals surface area contributed by atoms with E-state index in [1.54, 1.807) is 0 Å². The van der Waals surface area contributed by atoms with Gasteiger partial charge in [-0.15, -0.1) is 0 Å². The average molecular weight is 662 g/mol. The lowest BCUT2D eigenvalue weighted by Gasteiger charge is -2.30. The number of hydrogen-bond acceptors (Lipinski definition) is 2. The fourth-order valence-corrected chi connectivity index (χ4v) is 10.4. The van der Waals surface area contributed by atoms with Gasteiger partial charge >= 0.3 is 0 Å². The van der Waals surface area contributed by atoms with Gasteiger partial charge in [-0.25, -0.2) is 0 Å². The van der Waals surface area contributed by atoms with Crippen LogP contribution in [0, 0.1) is 11.8 Å². The molecule has 6 aliphatic carbocycles. The van der Waals surface area contributed by atoms with E-state index in [1.807, 2.05) is 0 Å². The van der Waals surface area contributed by atoms with Crippen LogP contribution in [-0.4, -0.2) is 0 Å². The van der Waals surface area contributed by atoms with Crippen molar-refractivity contribution in [3.63, 3.8) is 0 Å². The number of hydrogen-bond donors (Lipinski definition) is 0. The Morgan fingerprint density at radius 3 is 2.24 bits per heavy atom. The maximum Gasteiger partial charge on any atom is 0.138 e. The first-order valence-corrected chi connectivity index (χ1v) is 19.0. The molecule has 1 saturated carbocycles. The summed E-state index contributed by atoms with van der Waals surface area (Å²) in [5, 5.41) is 0. The van der Waals surface area contributed by atoms with Gasteiger partial charge in [0.2, 0.25) is 0 Å². The fraction of sp³-hybridized carbons (Fsp3) is 0.265. The molecular formula is C49H43NO. The molecule has 250 valence electrons. The first-order chi connectivity index (χ1) is 24.8. The minimum absolute atomic E-state index is 0.0722. The Kier molecular flexibility index (Phi) is 5.96. The summed E-state index contributed by atoms with van der Waals surface area (Å²) < 4.78 is 6.71. The first kappa shape index (κ1) is 29.6. The van der Waals surface area contributed by atoms with Crippen LogP contribution in [0.2, 0.25) is 0 Å². The summed E-state index contributed by atoms with van der Waals surface area (Å²) in [6.45, 7) is 9.61. The molecule has 2 atom stereocenters. The number of benzene rings is 4. The zero-order chi connectivity index (χ0) is 34.2. The molecule has 4 aromatic carbocycles. The Balaban J connectivity index is 1.05. The molecule has 6 aliphatic rings. The van der Waals surface area contributed by atoms with Crippen LogP contribution in [0.4, 0.5) is 17.1 Å². The summed E-state index contributed by atoms with van der Waals surface area (Å²) in [7, 11) is 0.